The van der Waals surface area contributed by atoms with Crippen LogP contribution >= 0.6 is 11.8 Å². The average Bonchev–Trinajstić information content (AvgIpc) is 2.40. The third-order valence-corrected chi connectivity index (χ3v) is 3.10. The molecular weight excluding hydrogens is 268 g/mol. The number of carbonyl (C=O) groups is 2. The first kappa shape index (κ1) is 18.2. The number of esters is 1. The van der Waals surface area contributed by atoms with Crippen molar-refractivity contribution in [2.45, 2.75) is 19.4 Å². The molecule has 2 N–H and O–H groups in total. The molecule has 0 bridgehead atoms. The van der Waals surface area contributed by atoms with E-state index in [-0.39, 0.29) is 12.5 Å². The summed E-state index contributed by atoms with van der Waals surface area (Å²) in [7, 11) is 1.54. The zero-order valence-electron chi connectivity index (χ0n) is 11.9. The van der Waals surface area contributed by atoms with E-state index in [1.807, 2.05) is 6.26 Å². The third-order valence-electron chi connectivity index (χ3n) is 2.45. The molecule has 6 nitrogen and oxygen atoms in total. The number of nitrogens with two attached hydrogens (primary N) is 1. The first-order valence-electron chi connectivity index (χ1n) is 6.24. The number of nitrogens with zero attached hydrogens (tertiary/aromatic N) is 1. The number of ether oxygens (including phenoxy) is 2. The number of amides is 1. The van der Waals surface area contributed by atoms with E-state index < -0.39 is 12.0 Å². The maximum atomic E-state index is 12.1. The molecular formula is C12H24N2O4S. The van der Waals surface area contributed by atoms with Gasteiger partial charge in [-0.15, -0.1) is 0 Å². The van der Waals surface area contributed by atoms with Crippen molar-refractivity contribution in [3.05, 3.63) is 0 Å². The first-order valence-corrected chi connectivity index (χ1v) is 7.64. The molecule has 0 aromatic carbocycles. The predicted molar refractivity (Wildman–Crippen MR) is 76.1 cm³/mol. The lowest BCUT2D eigenvalue weighted by Gasteiger charge is -2.24. The monoisotopic (exact) mass is 292 g/mol. The van der Waals surface area contributed by atoms with Gasteiger partial charge in [0.1, 0.15) is 6.54 Å². The van der Waals surface area contributed by atoms with Gasteiger partial charge in [0.05, 0.1) is 19.3 Å². The van der Waals surface area contributed by atoms with Gasteiger partial charge in [0, 0.05) is 13.7 Å². The van der Waals surface area contributed by atoms with Crippen molar-refractivity contribution in [1.82, 2.24) is 4.90 Å². The minimum absolute atomic E-state index is 0.0804. The SMILES string of the molecule is CCOC(=O)CN(CCOC)C(=O)[C@@H](N)CCSC. The van der Waals surface area contributed by atoms with Crippen molar-refractivity contribution < 1.29 is 19.1 Å². The maximum Gasteiger partial charge on any atom is 0.325 e. The highest BCUT2D eigenvalue weighted by molar-refractivity contribution is 7.98. The van der Waals surface area contributed by atoms with Crippen LogP contribution in [0.25, 0.3) is 0 Å². The van der Waals surface area contributed by atoms with Crippen LogP contribution in [0.3, 0.4) is 0 Å². The molecule has 0 aromatic heterocycles. The van der Waals surface area contributed by atoms with Crippen LogP contribution in [0.5, 0.6) is 0 Å². The van der Waals surface area contributed by atoms with Crippen molar-refractivity contribution in [3.8, 4) is 0 Å². The second-order valence-corrected chi connectivity index (χ2v) is 4.93. The van der Waals surface area contributed by atoms with E-state index in [0.29, 0.717) is 26.2 Å². The quantitative estimate of drug-likeness (QED) is 0.575. The lowest BCUT2D eigenvalue weighted by atomic mass is 10.2. The topological polar surface area (TPSA) is 81.9 Å². The maximum absolute atomic E-state index is 12.1. The van der Waals surface area contributed by atoms with Gasteiger partial charge in [-0.05, 0) is 25.4 Å². The summed E-state index contributed by atoms with van der Waals surface area (Å²) in [5.41, 5.74) is 5.83. The Morgan fingerprint density at radius 2 is 2.11 bits per heavy atom. The molecule has 0 unspecified atom stereocenters. The van der Waals surface area contributed by atoms with Crippen molar-refractivity contribution in [3.63, 3.8) is 0 Å². The van der Waals surface area contributed by atoms with Gasteiger partial charge in [0.15, 0.2) is 0 Å². The Hall–Kier alpha value is -0.790. The van der Waals surface area contributed by atoms with Crippen LogP contribution in [-0.4, -0.2) is 68.2 Å². The molecule has 0 aliphatic carbocycles. The highest BCUT2D eigenvalue weighted by Crippen LogP contribution is 2.03. The molecule has 0 aliphatic heterocycles. The number of rotatable bonds is 10. The Morgan fingerprint density at radius 1 is 1.42 bits per heavy atom. The van der Waals surface area contributed by atoms with Crippen molar-refractivity contribution in [2.75, 3.05) is 45.4 Å². The number of hydrogen-bond donors (Lipinski definition) is 1. The molecule has 1 amide bonds. The smallest absolute Gasteiger partial charge is 0.325 e. The van der Waals surface area contributed by atoms with Crippen LogP contribution in [-0.2, 0) is 19.1 Å². The summed E-state index contributed by atoms with van der Waals surface area (Å²) in [5, 5.41) is 0. The van der Waals surface area contributed by atoms with Gasteiger partial charge in [0.2, 0.25) is 5.91 Å². The number of hydrogen-bond acceptors (Lipinski definition) is 6. The molecule has 112 valence electrons. The normalized spacial score (nSPS) is 12.0. The molecule has 1 atom stereocenters. The molecule has 0 spiro atoms. The van der Waals surface area contributed by atoms with Gasteiger partial charge in [-0.1, -0.05) is 0 Å². The highest BCUT2D eigenvalue weighted by atomic mass is 32.2. The highest BCUT2D eigenvalue weighted by Gasteiger charge is 2.23. The molecule has 19 heavy (non-hydrogen) atoms. The Balaban J connectivity index is 4.45. The molecule has 0 radical (unpaired) electrons. The van der Waals surface area contributed by atoms with Gasteiger partial charge in [-0.25, -0.2) is 0 Å². The molecule has 0 aromatic rings. The molecule has 0 heterocycles. The van der Waals surface area contributed by atoms with Crippen molar-refractivity contribution in [2.24, 2.45) is 5.73 Å². The first-order chi connectivity index (χ1) is 9.06. The van der Waals surface area contributed by atoms with Gasteiger partial charge in [0.25, 0.3) is 0 Å². The number of carbonyl (C=O) groups excluding carboxylic acids is 2. The van der Waals surface area contributed by atoms with Gasteiger partial charge in [-0.2, -0.15) is 11.8 Å². The van der Waals surface area contributed by atoms with Crippen LogP contribution in [0.2, 0.25) is 0 Å². The van der Waals surface area contributed by atoms with E-state index >= 15 is 0 Å². The van der Waals surface area contributed by atoms with Gasteiger partial charge >= 0.3 is 5.97 Å². The van der Waals surface area contributed by atoms with Crippen LogP contribution < -0.4 is 5.73 Å². The zero-order chi connectivity index (χ0) is 14.7. The fraction of sp³-hybridized carbons (Fsp3) is 0.833. The molecule has 0 aliphatic rings. The van der Waals surface area contributed by atoms with Crippen molar-refractivity contribution in [1.29, 1.82) is 0 Å². The van der Waals surface area contributed by atoms with E-state index in [2.05, 4.69) is 0 Å². The Kier molecular flexibility index (Phi) is 10.6. The second kappa shape index (κ2) is 11.1. The molecule has 0 saturated heterocycles. The van der Waals surface area contributed by atoms with E-state index in [4.69, 9.17) is 15.2 Å². The molecule has 7 heteroatoms. The average molecular weight is 292 g/mol. The van der Waals surface area contributed by atoms with Crippen LogP contribution in [0, 0.1) is 0 Å². The Morgan fingerprint density at radius 3 is 2.63 bits per heavy atom. The van der Waals surface area contributed by atoms with Crippen LogP contribution in [0.15, 0.2) is 0 Å². The number of thioether (sulfide) groups is 1. The minimum atomic E-state index is -0.585. The molecule has 0 rings (SSSR count). The molecule has 0 saturated carbocycles. The fourth-order valence-electron chi connectivity index (χ4n) is 1.43. The second-order valence-electron chi connectivity index (χ2n) is 3.95. The van der Waals surface area contributed by atoms with Gasteiger partial charge in [-0.3, -0.25) is 9.59 Å². The fourth-order valence-corrected chi connectivity index (χ4v) is 1.92. The summed E-state index contributed by atoms with van der Waals surface area (Å²) >= 11 is 1.63. The van der Waals surface area contributed by atoms with Gasteiger partial charge < -0.3 is 20.1 Å². The Bertz CT molecular complexity index is 276. The minimum Gasteiger partial charge on any atom is -0.465 e. The van der Waals surface area contributed by atoms with Crippen LogP contribution in [0.4, 0.5) is 0 Å². The largest absolute Gasteiger partial charge is 0.465 e. The lowest BCUT2D eigenvalue weighted by molar-refractivity contribution is -0.149. The number of methoxy groups -OCH3 is 1. The summed E-state index contributed by atoms with van der Waals surface area (Å²) in [6.45, 7) is 2.64. The van der Waals surface area contributed by atoms with Crippen LogP contribution in [0.1, 0.15) is 13.3 Å². The van der Waals surface area contributed by atoms with E-state index in [1.165, 1.54) is 4.90 Å². The summed E-state index contributed by atoms with van der Waals surface area (Å²) in [4.78, 5) is 25.0. The standard InChI is InChI=1S/C12H24N2O4S/c1-4-18-11(15)9-14(6-7-17-2)12(16)10(13)5-8-19-3/h10H,4-9,13H2,1-3H3/t10-/m0/s1. The third kappa shape index (κ3) is 8.07. The Labute approximate surface area is 119 Å². The van der Waals surface area contributed by atoms with E-state index in [1.54, 1.807) is 25.8 Å². The lowest BCUT2D eigenvalue weighted by Crippen LogP contribution is -2.47. The molecule has 0 fully saturated rings. The zero-order valence-corrected chi connectivity index (χ0v) is 12.7. The summed E-state index contributed by atoms with van der Waals surface area (Å²) < 4.78 is 9.78. The summed E-state index contributed by atoms with van der Waals surface area (Å²) in [5.74, 6) is 0.146. The van der Waals surface area contributed by atoms with E-state index in [0.717, 1.165) is 5.75 Å². The van der Waals surface area contributed by atoms with E-state index in [9.17, 15) is 9.59 Å². The summed E-state index contributed by atoms with van der Waals surface area (Å²) in [6, 6.07) is -0.585. The summed E-state index contributed by atoms with van der Waals surface area (Å²) in [6.07, 6.45) is 2.55. The predicted octanol–water partition coefficient (Wildman–Crippen LogP) is 0.105. The van der Waals surface area contributed by atoms with Crippen molar-refractivity contribution >= 4 is 23.6 Å².